The number of carbonyl (C=O) groups excluding carboxylic acids is 1. The Kier molecular flexibility index (Phi) is 6.76. The molecule has 0 saturated carbocycles. The van der Waals surface area contributed by atoms with Gasteiger partial charge in [-0.25, -0.2) is 0 Å². The zero-order valence-corrected chi connectivity index (χ0v) is 15.7. The van der Waals surface area contributed by atoms with E-state index < -0.39 is 43.4 Å². The number of hydrogen-bond donors (Lipinski definition) is 4. The molecule has 2 rings (SSSR count). The minimum absolute atomic E-state index is 0.0843. The van der Waals surface area contributed by atoms with Crippen LogP contribution in [0.25, 0.3) is 0 Å². The van der Waals surface area contributed by atoms with E-state index in [4.69, 9.17) is 9.47 Å². The van der Waals surface area contributed by atoms with E-state index in [1.165, 1.54) is 0 Å². The second-order valence-electron chi connectivity index (χ2n) is 7.92. The van der Waals surface area contributed by atoms with Crippen LogP contribution >= 0.6 is 0 Å². The lowest BCUT2D eigenvalue weighted by atomic mass is 9.68. The van der Waals surface area contributed by atoms with E-state index >= 15 is 0 Å². The van der Waals surface area contributed by atoms with Crippen molar-refractivity contribution in [2.24, 2.45) is 11.3 Å². The summed E-state index contributed by atoms with van der Waals surface area (Å²) in [6.07, 6.45) is -0.958. The summed E-state index contributed by atoms with van der Waals surface area (Å²) >= 11 is 0. The molecule has 148 valence electrons. The van der Waals surface area contributed by atoms with Gasteiger partial charge in [0.25, 0.3) is 0 Å². The van der Waals surface area contributed by atoms with Crippen LogP contribution in [0.1, 0.15) is 34.1 Å². The summed E-state index contributed by atoms with van der Waals surface area (Å²) < 4.78 is 11.0. The second kappa shape index (κ2) is 8.29. The lowest BCUT2D eigenvalue weighted by Crippen LogP contribution is -2.59. The quantitative estimate of drug-likeness (QED) is 0.515. The first-order valence-electron chi connectivity index (χ1n) is 8.92. The Labute approximate surface area is 153 Å². The van der Waals surface area contributed by atoms with Crippen LogP contribution in [-0.2, 0) is 14.3 Å². The Morgan fingerprint density at radius 3 is 2.54 bits per heavy atom. The van der Waals surface area contributed by atoms with Crippen molar-refractivity contribution in [3.05, 3.63) is 23.8 Å². The molecule has 0 unspecified atom stereocenters. The fourth-order valence-electron chi connectivity index (χ4n) is 3.69. The average Bonchev–Trinajstić information content (AvgIpc) is 2.53. The van der Waals surface area contributed by atoms with Gasteiger partial charge in [0.15, 0.2) is 12.1 Å². The van der Waals surface area contributed by atoms with Gasteiger partial charge >= 0.3 is 0 Å². The number of aliphatic hydroxyl groups excluding tert-OH is 4. The number of ketones is 1. The molecule has 1 heterocycles. The Balaban J connectivity index is 2.03. The van der Waals surface area contributed by atoms with Crippen molar-refractivity contribution in [2.75, 3.05) is 6.61 Å². The molecule has 0 aromatic carbocycles. The highest BCUT2D eigenvalue weighted by molar-refractivity contribution is 5.92. The first kappa shape index (κ1) is 21.2. The van der Waals surface area contributed by atoms with Crippen LogP contribution in [0.2, 0.25) is 0 Å². The lowest BCUT2D eigenvalue weighted by Gasteiger charge is -2.40. The highest BCUT2D eigenvalue weighted by Gasteiger charge is 2.44. The normalized spacial score (nSPS) is 39.1. The Morgan fingerprint density at radius 1 is 1.31 bits per heavy atom. The van der Waals surface area contributed by atoms with E-state index in [1.807, 2.05) is 32.9 Å². The minimum Gasteiger partial charge on any atom is -0.394 e. The van der Waals surface area contributed by atoms with Crippen molar-refractivity contribution >= 4 is 5.78 Å². The molecule has 1 aliphatic heterocycles. The van der Waals surface area contributed by atoms with Crippen LogP contribution in [0.4, 0.5) is 0 Å². The number of rotatable bonds is 5. The van der Waals surface area contributed by atoms with Crippen molar-refractivity contribution < 1.29 is 34.7 Å². The van der Waals surface area contributed by atoms with E-state index in [1.54, 1.807) is 13.0 Å². The van der Waals surface area contributed by atoms with E-state index in [0.29, 0.717) is 6.42 Å². The van der Waals surface area contributed by atoms with Gasteiger partial charge in [-0.1, -0.05) is 31.6 Å². The third-order valence-electron chi connectivity index (χ3n) is 5.12. The standard InChI is InChI=1S/C19H30O7/c1-10-7-12(21)8-19(3,4)13(10)6-5-11(2)25-18-17(24)16(23)15(22)14(9-20)26-18/h5-7,11,13-18,20,22-24H,8-9H2,1-4H3/t11-,13-,14-,15-,16+,17-,18-/m0/s1. The summed E-state index contributed by atoms with van der Waals surface area (Å²) in [4.78, 5) is 11.8. The molecule has 0 spiro atoms. The van der Waals surface area contributed by atoms with Gasteiger partial charge in [0.1, 0.15) is 24.4 Å². The maximum Gasteiger partial charge on any atom is 0.187 e. The predicted molar refractivity (Wildman–Crippen MR) is 94.1 cm³/mol. The first-order valence-corrected chi connectivity index (χ1v) is 8.92. The number of hydrogen-bond acceptors (Lipinski definition) is 7. The van der Waals surface area contributed by atoms with Crippen LogP contribution < -0.4 is 0 Å². The van der Waals surface area contributed by atoms with Crippen LogP contribution in [0, 0.1) is 11.3 Å². The fraction of sp³-hybridized carbons (Fsp3) is 0.737. The van der Waals surface area contributed by atoms with Gasteiger partial charge in [-0.15, -0.1) is 0 Å². The molecule has 26 heavy (non-hydrogen) atoms. The molecule has 4 N–H and O–H groups in total. The SMILES string of the molecule is CC1=CC(=O)CC(C)(C)[C@H]1C=C[C@H](C)O[C@H]1O[C@@H](CO)[C@H](O)[C@@H](O)[C@@H]1O. The highest BCUT2D eigenvalue weighted by atomic mass is 16.7. The minimum atomic E-state index is -1.46. The maximum atomic E-state index is 11.8. The summed E-state index contributed by atoms with van der Waals surface area (Å²) in [6.45, 7) is 7.28. The largest absolute Gasteiger partial charge is 0.394 e. The van der Waals surface area contributed by atoms with Crippen molar-refractivity contribution in [2.45, 2.75) is 70.9 Å². The molecule has 7 atom stereocenters. The molecule has 2 aliphatic rings. The van der Waals surface area contributed by atoms with Crippen molar-refractivity contribution in [3.8, 4) is 0 Å². The lowest BCUT2D eigenvalue weighted by molar-refractivity contribution is -0.306. The van der Waals surface area contributed by atoms with Gasteiger partial charge in [-0.05, 0) is 25.3 Å². The van der Waals surface area contributed by atoms with E-state index in [0.717, 1.165) is 5.57 Å². The Hall–Kier alpha value is -1.09. The Bertz CT molecular complexity index is 566. The second-order valence-corrected chi connectivity index (χ2v) is 7.92. The summed E-state index contributed by atoms with van der Waals surface area (Å²) in [5.74, 6) is 0.212. The molecule has 1 fully saturated rings. The third kappa shape index (κ3) is 4.60. The van der Waals surface area contributed by atoms with E-state index in [2.05, 4.69) is 0 Å². The molecular weight excluding hydrogens is 340 g/mol. The summed E-state index contributed by atoms with van der Waals surface area (Å²) in [5.41, 5.74) is 0.789. The van der Waals surface area contributed by atoms with Gasteiger partial charge in [-0.2, -0.15) is 0 Å². The summed E-state index contributed by atoms with van der Waals surface area (Å²) in [6, 6.07) is 0. The molecule has 0 radical (unpaired) electrons. The van der Waals surface area contributed by atoms with Gasteiger partial charge in [0.2, 0.25) is 0 Å². The summed E-state index contributed by atoms with van der Waals surface area (Å²) in [7, 11) is 0. The monoisotopic (exact) mass is 370 g/mol. The maximum absolute atomic E-state index is 11.8. The fourth-order valence-corrected chi connectivity index (χ4v) is 3.69. The van der Waals surface area contributed by atoms with Crippen LogP contribution in [0.5, 0.6) is 0 Å². The van der Waals surface area contributed by atoms with Crippen molar-refractivity contribution in [1.29, 1.82) is 0 Å². The highest BCUT2D eigenvalue weighted by Crippen LogP contribution is 2.40. The molecule has 1 aliphatic carbocycles. The first-order chi connectivity index (χ1) is 12.1. The van der Waals surface area contributed by atoms with E-state index in [9.17, 15) is 25.2 Å². The number of aliphatic hydroxyl groups is 4. The van der Waals surface area contributed by atoms with E-state index in [-0.39, 0.29) is 17.1 Å². The molecule has 7 heteroatoms. The average molecular weight is 370 g/mol. The van der Waals surface area contributed by atoms with Crippen LogP contribution in [-0.4, -0.2) is 69.6 Å². The molecule has 7 nitrogen and oxygen atoms in total. The molecule has 0 aromatic heterocycles. The topological polar surface area (TPSA) is 116 Å². The van der Waals surface area contributed by atoms with Gasteiger partial charge in [-0.3, -0.25) is 4.79 Å². The van der Waals surface area contributed by atoms with Crippen LogP contribution in [0.15, 0.2) is 23.8 Å². The number of allylic oxidation sites excluding steroid dienone is 3. The van der Waals surface area contributed by atoms with Gasteiger partial charge in [0.05, 0.1) is 12.7 Å². The predicted octanol–water partition coefficient (Wildman–Crippen LogP) is 0.309. The molecule has 0 bridgehead atoms. The summed E-state index contributed by atoms with van der Waals surface area (Å²) in [5, 5.41) is 38.9. The molecule has 1 saturated heterocycles. The Morgan fingerprint density at radius 2 is 1.96 bits per heavy atom. The van der Waals surface area contributed by atoms with Crippen molar-refractivity contribution in [1.82, 2.24) is 0 Å². The molecular formula is C19H30O7. The van der Waals surface area contributed by atoms with Gasteiger partial charge < -0.3 is 29.9 Å². The number of carbonyl (C=O) groups is 1. The smallest absolute Gasteiger partial charge is 0.187 e. The zero-order chi connectivity index (χ0) is 19.6. The number of ether oxygens (including phenoxy) is 2. The zero-order valence-electron chi connectivity index (χ0n) is 15.7. The van der Waals surface area contributed by atoms with Gasteiger partial charge in [0, 0.05) is 12.3 Å². The molecule has 0 amide bonds. The third-order valence-corrected chi connectivity index (χ3v) is 5.12. The van der Waals surface area contributed by atoms with Crippen molar-refractivity contribution in [3.63, 3.8) is 0 Å². The van der Waals surface area contributed by atoms with Crippen LogP contribution in [0.3, 0.4) is 0 Å². The molecule has 0 aromatic rings.